The Bertz CT molecular complexity index is 1260. The van der Waals surface area contributed by atoms with E-state index in [1.54, 1.807) is 22.9 Å². The number of amides is 1. The lowest BCUT2D eigenvalue weighted by Crippen LogP contribution is -2.23. The summed E-state index contributed by atoms with van der Waals surface area (Å²) in [4.78, 5) is 12.4. The molecule has 0 aliphatic carbocycles. The molecule has 1 aromatic heterocycles. The maximum absolute atomic E-state index is 12.8. The second-order valence-corrected chi connectivity index (χ2v) is 7.43. The summed E-state index contributed by atoms with van der Waals surface area (Å²) in [6, 6.07) is 21.2. The first kappa shape index (κ1) is 22.1. The van der Waals surface area contributed by atoms with Crippen LogP contribution in [0.1, 0.15) is 23.0 Å². The Hall–Kier alpha value is -4.07. The van der Waals surface area contributed by atoms with Crippen LogP contribution in [-0.2, 0) is 6.18 Å². The van der Waals surface area contributed by atoms with Crippen molar-refractivity contribution in [3.63, 3.8) is 0 Å². The molecule has 0 spiro atoms. The summed E-state index contributed by atoms with van der Waals surface area (Å²) >= 11 is 0. The minimum atomic E-state index is -4.37. The van der Waals surface area contributed by atoms with Gasteiger partial charge in [-0.15, -0.1) is 0 Å². The number of anilines is 1. The largest absolute Gasteiger partial charge is 0.416 e. The van der Waals surface area contributed by atoms with Crippen molar-refractivity contribution >= 4 is 11.6 Å². The van der Waals surface area contributed by atoms with Crippen LogP contribution in [-0.4, -0.2) is 22.2 Å². The molecule has 0 fully saturated rings. The molecule has 33 heavy (non-hydrogen) atoms. The monoisotopic (exact) mass is 450 g/mol. The fourth-order valence-electron chi connectivity index (χ4n) is 3.45. The Balaban J connectivity index is 1.70. The molecule has 0 aliphatic rings. The van der Waals surface area contributed by atoms with Gasteiger partial charge in [0.15, 0.2) is 5.69 Å². The number of hydrogen-bond donors (Lipinski definition) is 2. The Kier molecular flexibility index (Phi) is 5.91. The summed E-state index contributed by atoms with van der Waals surface area (Å²) in [5.74, 6) is -0.283. The molecule has 0 radical (unpaired) electrons. The summed E-state index contributed by atoms with van der Waals surface area (Å²) in [6.07, 6.45) is -4.37. The third-order valence-corrected chi connectivity index (χ3v) is 5.14. The minimum absolute atomic E-state index is 0.274. The second-order valence-electron chi connectivity index (χ2n) is 7.43. The van der Waals surface area contributed by atoms with Gasteiger partial charge in [0.25, 0.3) is 5.91 Å². The number of aromatic nitrogens is 2. The highest BCUT2D eigenvalue weighted by Crippen LogP contribution is 2.32. The quantitative estimate of drug-likeness (QED) is 0.391. The van der Waals surface area contributed by atoms with Crippen LogP contribution >= 0.6 is 0 Å². The van der Waals surface area contributed by atoms with Gasteiger partial charge >= 0.3 is 6.18 Å². The summed E-state index contributed by atoms with van der Waals surface area (Å²) in [6.45, 7) is 2.31. The first-order valence-corrected chi connectivity index (χ1v) is 10.3. The van der Waals surface area contributed by atoms with Gasteiger partial charge in [0.05, 0.1) is 16.9 Å². The van der Waals surface area contributed by atoms with Crippen molar-refractivity contribution in [2.24, 2.45) is 0 Å². The molecule has 0 bridgehead atoms. The number of nitrogen functional groups attached to an aromatic ring is 1. The maximum Gasteiger partial charge on any atom is 0.416 e. The van der Waals surface area contributed by atoms with Gasteiger partial charge in [-0.1, -0.05) is 36.4 Å². The van der Waals surface area contributed by atoms with Crippen molar-refractivity contribution in [2.45, 2.75) is 13.1 Å². The Morgan fingerprint density at radius 2 is 1.45 bits per heavy atom. The summed E-state index contributed by atoms with van der Waals surface area (Å²) in [5, 5.41) is 7.22. The Morgan fingerprint density at radius 3 is 2.00 bits per heavy atom. The molecule has 1 amide bonds. The van der Waals surface area contributed by atoms with Gasteiger partial charge < -0.3 is 11.1 Å². The lowest BCUT2D eigenvalue weighted by Gasteiger charge is -2.10. The first-order valence-electron chi connectivity index (χ1n) is 10.3. The number of alkyl halides is 3. The highest BCUT2D eigenvalue weighted by atomic mass is 19.4. The fourth-order valence-corrected chi connectivity index (χ4v) is 3.45. The average molecular weight is 450 g/mol. The molecule has 8 heteroatoms. The van der Waals surface area contributed by atoms with Crippen LogP contribution in [0.3, 0.4) is 0 Å². The van der Waals surface area contributed by atoms with E-state index in [-0.39, 0.29) is 11.6 Å². The lowest BCUT2D eigenvalue weighted by atomic mass is 10.0. The molecule has 0 saturated heterocycles. The molecular weight excluding hydrogens is 429 g/mol. The average Bonchev–Trinajstić information content (AvgIpc) is 3.25. The van der Waals surface area contributed by atoms with Gasteiger partial charge in [-0.3, -0.25) is 4.79 Å². The maximum atomic E-state index is 12.8. The molecule has 0 aliphatic heterocycles. The normalized spacial score (nSPS) is 11.4. The van der Waals surface area contributed by atoms with Gasteiger partial charge in [-0.2, -0.15) is 18.3 Å². The van der Waals surface area contributed by atoms with Gasteiger partial charge in [0.2, 0.25) is 0 Å². The van der Waals surface area contributed by atoms with Crippen LogP contribution in [0.2, 0.25) is 0 Å². The zero-order valence-electron chi connectivity index (χ0n) is 17.7. The highest BCUT2D eigenvalue weighted by Gasteiger charge is 2.30. The van der Waals surface area contributed by atoms with Gasteiger partial charge in [-0.05, 0) is 60.5 Å². The number of hydrogen-bond acceptors (Lipinski definition) is 3. The molecule has 1 heterocycles. The molecular formula is C25H21F3N4O. The van der Waals surface area contributed by atoms with Crippen LogP contribution in [0.4, 0.5) is 18.9 Å². The fraction of sp³-hybridized carbons (Fsp3) is 0.120. The number of rotatable bonds is 5. The van der Waals surface area contributed by atoms with E-state index >= 15 is 0 Å². The Labute approximate surface area is 188 Å². The van der Waals surface area contributed by atoms with E-state index in [4.69, 9.17) is 5.73 Å². The SMILES string of the molecule is CCNC(=O)c1cc(-c2ccc(-c3ccc(C(F)(F)F)cc3)cc2)n(-c2ccc(N)cc2)n1. The molecule has 168 valence electrons. The first-order chi connectivity index (χ1) is 15.8. The van der Waals surface area contributed by atoms with Crippen molar-refractivity contribution in [1.82, 2.24) is 15.1 Å². The molecule has 5 nitrogen and oxygen atoms in total. The van der Waals surface area contributed by atoms with E-state index in [9.17, 15) is 18.0 Å². The van der Waals surface area contributed by atoms with Crippen LogP contribution in [0.25, 0.3) is 28.1 Å². The second kappa shape index (κ2) is 8.82. The van der Waals surface area contributed by atoms with Crippen LogP contribution in [0.5, 0.6) is 0 Å². The zero-order chi connectivity index (χ0) is 23.6. The molecule has 3 aromatic carbocycles. The number of nitrogens with one attached hydrogen (secondary N) is 1. The summed E-state index contributed by atoms with van der Waals surface area (Å²) in [5.41, 5.74) is 9.66. The predicted molar refractivity (Wildman–Crippen MR) is 122 cm³/mol. The van der Waals surface area contributed by atoms with E-state index in [2.05, 4.69) is 10.4 Å². The van der Waals surface area contributed by atoms with Gasteiger partial charge in [0, 0.05) is 17.8 Å². The van der Waals surface area contributed by atoms with Crippen LogP contribution in [0, 0.1) is 0 Å². The minimum Gasteiger partial charge on any atom is -0.399 e. The van der Waals surface area contributed by atoms with Crippen molar-refractivity contribution < 1.29 is 18.0 Å². The van der Waals surface area contributed by atoms with Crippen LogP contribution in [0.15, 0.2) is 78.9 Å². The zero-order valence-corrected chi connectivity index (χ0v) is 17.7. The molecule has 0 unspecified atom stereocenters. The molecule has 4 rings (SSSR count). The molecule has 4 aromatic rings. The van der Waals surface area contributed by atoms with Crippen molar-refractivity contribution in [3.05, 3.63) is 90.1 Å². The molecule has 0 atom stereocenters. The number of carbonyl (C=O) groups excluding carboxylic acids is 1. The van der Waals surface area contributed by atoms with Gasteiger partial charge in [-0.25, -0.2) is 4.68 Å². The molecule has 3 N–H and O–H groups in total. The van der Waals surface area contributed by atoms with E-state index < -0.39 is 11.7 Å². The smallest absolute Gasteiger partial charge is 0.399 e. The summed E-state index contributed by atoms with van der Waals surface area (Å²) < 4.78 is 40.1. The summed E-state index contributed by atoms with van der Waals surface area (Å²) in [7, 11) is 0. The number of benzene rings is 3. The van der Waals surface area contributed by atoms with E-state index in [0.717, 1.165) is 28.9 Å². The van der Waals surface area contributed by atoms with E-state index in [1.807, 2.05) is 43.3 Å². The van der Waals surface area contributed by atoms with Crippen molar-refractivity contribution in [1.29, 1.82) is 0 Å². The van der Waals surface area contributed by atoms with Crippen molar-refractivity contribution in [2.75, 3.05) is 12.3 Å². The standard InChI is InChI=1S/C25H21F3N4O/c1-2-30-24(33)22-15-23(32(31-22)21-13-11-20(29)12-14-21)18-5-3-16(4-6-18)17-7-9-19(10-8-17)25(26,27)28/h3-15H,2,29H2,1H3,(H,30,33). The number of carbonyl (C=O) groups is 1. The third kappa shape index (κ3) is 4.74. The number of nitrogens with two attached hydrogens (primary N) is 1. The Morgan fingerprint density at radius 1 is 0.909 bits per heavy atom. The highest BCUT2D eigenvalue weighted by molar-refractivity contribution is 5.93. The van der Waals surface area contributed by atoms with E-state index in [0.29, 0.717) is 23.5 Å². The topological polar surface area (TPSA) is 72.9 Å². The van der Waals surface area contributed by atoms with Crippen LogP contribution < -0.4 is 11.1 Å². The van der Waals surface area contributed by atoms with Crippen molar-refractivity contribution in [3.8, 4) is 28.1 Å². The lowest BCUT2D eigenvalue weighted by molar-refractivity contribution is -0.137. The van der Waals surface area contributed by atoms with Gasteiger partial charge in [0.1, 0.15) is 0 Å². The van der Waals surface area contributed by atoms with E-state index in [1.165, 1.54) is 12.1 Å². The third-order valence-electron chi connectivity index (χ3n) is 5.14. The number of nitrogens with zero attached hydrogens (tertiary/aromatic N) is 2. The number of halogens is 3. The predicted octanol–water partition coefficient (Wildman–Crippen LogP) is 5.56. The molecule has 0 saturated carbocycles.